The second-order valence-corrected chi connectivity index (χ2v) is 4.28. The van der Waals surface area contributed by atoms with Gasteiger partial charge in [0.25, 0.3) is 0 Å². The first-order chi connectivity index (χ1) is 9.43. The van der Waals surface area contributed by atoms with Crippen LogP contribution in [0.4, 0.5) is 13.2 Å². The molecule has 6 heteroatoms. The Morgan fingerprint density at radius 2 is 2.10 bits per heavy atom. The lowest BCUT2D eigenvalue weighted by molar-refractivity contribution is -0.137. The molecule has 0 unspecified atom stereocenters. The van der Waals surface area contributed by atoms with E-state index in [9.17, 15) is 18.0 Å². The first-order valence-electron chi connectivity index (χ1n) is 6.44. The summed E-state index contributed by atoms with van der Waals surface area (Å²) in [5.74, 6) is -0.291. The molecule has 1 amide bonds. The van der Waals surface area contributed by atoms with Crippen molar-refractivity contribution in [2.45, 2.75) is 25.9 Å². The zero-order valence-corrected chi connectivity index (χ0v) is 11.3. The van der Waals surface area contributed by atoms with Crippen LogP contribution in [-0.4, -0.2) is 25.7 Å². The number of rotatable bonds is 7. The number of carbonyl (C=O) groups excluding carboxylic acids is 1. The van der Waals surface area contributed by atoms with Gasteiger partial charge >= 0.3 is 6.18 Å². The number of halogens is 3. The first-order valence-corrected chi connectivity index (χ1v) is 6.44. The molecule has 0 saturated heterocycles. The summed E-state index contributed by atoms with van der Waals surface area (Å²) in [6.45, 7) is 3.52. The maximum atomic E-state index is 12.5. The van der Waals surface area contributed by atoms with Gasteiger partial charge in [0.05, 0.1) is 12.0 Å². The van der Waals surface area contributed by atoms with Crippen molar-refractivity contribution < 1.29 is 22.7 Å². The normalized spacial score (nSPS) is 11.4. The number of hydrogen-bond donors (Lipinski definition) is 1. The maximum absolute atomic E-state index is 12.5. The van der Waals surface area contributed by atoms with Gasteiger partial charge in [-0.25, -0.2) is 0 Å². The molecule has 0 spiro atoms. The van der Waals surface area contributed by atoms with E-state index in [1.54, 1.807) is 0 Å². The Morgan fingerprint density at radius 3 is 2.75 bits per heavy atom. The van der Waals surface area contributed by atoms with E-state index in [2.05, 4.69) is 5.32 Å². The topological polar surface area (TPSA) is 38.3 Å². The Bertz CT molecular complexity index is 433. The number of nitrogens with one attached hydrogen (secondary N) is 1. The van der Waals surface area contributed by atoms with Crippen LogP contribution in [-0.2, 0) is 22.1 Å². The Balaban J connectivity index is 2.42. The first kappa shape index (κ1) is 16.5. The van der Waals surface area contributed by atoms with Crippen molar-refractivity contribution >= 4 is 5.91 Å². The quantitative estimate of drug-likeness (QED) is 0.784. The van der Waals surface area contributed by atoms with Crippen LogP contribution in [0.2, 0.25) is 0 Å². The number of amides is 1. The predicted molar refractivity (Wildman–Crippen MR) is 69.3 cm³/mol. The molecule has 1 N–H and O–H groups in total. The summed E-state index contributed by atoms with van der Waals surface area (Å²) in [5.41, 5.74) is -0.388. The Labute approximate surface area is 116 Å². The largest absolute Gasteiger partial charge is 0.416 e. The van der Waals surface area contributed by atoms with Crippen LogP contribution in [0, 0.1) is 0 Å². The molecule has 1 rings (SSSR count). The van der Waals surface area contributed by atoms with Crippen LogP contribution >= 0.6 is 0 Å². The van der Waals surface area contributed by atoms with E-state index in [0.29, 0.717) is 31.7 Å². The van der Waals surface area contributed by atoms with Gasteiger partial charge in [-0.1, -0.05) is 18.2 Å². The maximum Gasteiger partial charge on any atom is 0.416 e. The highest BCUT2D eigenvalue weighted by atomic mass is 19.4. The molecule has 1 aromatic carbocycles. The molecule has 0 atom stereocenters. The van der Waals surface area contributed by atoms with Gasteiger partial charge in [0, 0.05) is 19.8 Å². The number of alkyl halides is 3. The van der Waals surface area contributed by atoms with Crippen LogP contribution in [0.3, 0.4) is 0 Å². The summed E-state index contributed by atoms with van der Waals surface area (Å²) >= 11 is 0. The Morgan fingerprint density at radius 1 is 1.35 bits per heavy atom. The summed E-state index contributed by atoms with van der Waals surface area (Å²) in [6, 6.07) is 4.80. The third kappa shape index (κ3) is 6.06. The molecule has 3 nitrogen and oxygen atoms in total. The summed E-state index contributed by atoms with van der Waals surface area (Å²) < 4.78 is 42.6. The number of ether oxygens (including phenoxy) is 1. The van der Waals surface area contributed by atoms with E-state index in [4.69, 9.17) is 4.74 Å². The lowest BCUT2D eigenvalue weighted by Crippen LogP contribution is -2.27. The SMILES string of the molecule is CCOCCCNC(=O)Cc1cccc(C(F)(F)F)c1. The number of benzene rings is 1. The van der Waals surface area contributed by atoms with E-state index in [0.717, 1.165) is 12.1 Å². The Hall–Kier alpha value is -1.56. The van der Waals surface area contributed by atoms with Crippen LogP contribution in [0.15, 0.2) is 24.3 Å². The van der Waals surface area contributed by atoms with Crippen LogP contribution < -0.4 is 5.32 Å². The molecule has 0 radical (unpaired) electrons. The summed E-state index contributed by atoms with van der Waals surface area (Å²) in [7, 11) is 0. The minimum atomic E-state index is -4.38. The molecule has 0 saturated carbocycles. The molecule has 112 valence electrons. The van der Waals surface area contributed by atoms with Crippen molar-refractivity contribution in [3.8, 4) is 0 Å². The molecule has 0 bridgehead atoms. The van der Waals surface area contributed by atoms with E-state index in [1.807, 2.05) is 6.92 Å². The van der Waals surface area contributed by atoms with Crippen LogP contribution in [0.1, 0.15) is 24.5 Å². The van der Waals surface area contributed by atoms with E-state index in [1.165, 1.54) is 12.1 Å². The van der Waals surface area contributed by atoms with E-state index >= 15 is 0 Å². The van der Waals surface area contributed by atoms with Gasteiger partial charge in [-0.05, 0) is 25.0 Å². The minimum absolute atomic E-state index is 0.0570. The molecule has 0 fully saturated rings. The van der Waals surface area contributed by atoms with Crippen LogP contribution in [0.5, 0.6) is 0 Å². The van der Waals surface area contributed by atoms with Crippen molar-refractivity contribution in [2.24, 2.45) is 0 Å². The van der Waals surface area contributed by atoms with Gasteiger partial charge in [0.2, 0.25) is 5.91 Å². The molecule has 0 aromatic heterocycles. The average Bonchev–Trinajstić information content (AvgIpc) is 2.38. The van der Waals surface area contributed by atoms with Gasteiger partial charge < -0.3 is 10.1 Å². The second kappa shape index (κ2) is 7.89. The minimum Gasteiger partial charge on any atom is -0.382 e. The molecular weight excluding hydrogens is 271 g/mol. The van der Waals surface area contributed by atoms with Crippen molar-refractivity contribution in [1.29, 1.82) is 0 Å². The number of hydrogen-bond acceptors (Lipinski definition) is 2. The third-order valence-electron chi connectivity index (χ3n) is 2.61. The third-order valence-corrected chi connectivity index (χ3v) is 2.61. The van der Waals surface area contributed by atoms with Gasteiger partial charge in [-0.2, -0.15) is 13.2 Å². The zero-order valence-electron chi connectivity index (χ0n) is 11.3. The fraction of sp³-hybridized carbons (Fsp3) is 0.500. The highest BCUT2D eigenvalue weighted by Crippen LogP contribution is 2.29. The fourth-order valence-electron chi connectivity index (χ4n) is 1.65. The highest BCUT2D eigenvalue weighted by Gasteiger charge is 2.30. The summed E-state index contributed by atoms with van der Waals surface area (Å²) in [6.07, 6.45) is -3.76. The predicted octanol–water partition coefficient (Wildman–Crippen LogP) is 2.79. The monoisotopic (exact) mass is 289 g/mol. The summed E-state index contributed by atoms with van der Waals surface area (Å²) in [4.78, 5) is 11.6. The second-order valence-electron chi connectivity index (χ2n) is 4.28. The molecule has 20 heavy (non-hydrogen) atoms. The zero-order chi connectivity index (χ0) is 15.0. The summed E-state index contributed by atoms with van der Waals surface area (Å²) in [5, 5.41) is 2.65. The molecule has 0 aliphatic rings. The van der Waals surface area contributed by atoms with E-state index in [-0.39, 0.29) is 12.3 Å². The smallest absolute Gasteiger partial charge is 0.382 e. The highest BCUT2D eigenvalue weighted by molar-refractivity contribution is 5.78. The standard InChI is InChI=1S/C14H18F3NO2/c1-2-20-8-4-7-18-13(19)10-11-5-3-6-12(9-11)14(15,16)17/h3,5-6,9H,2,4,7-8,10H2,1H3,(H,18,19). The van der Waals surface area contributed by atoms with Crippen molar-refractivity contribution in [1.82, 2.24) is 5.32 Å². The van der Waals surface area contributed by atoms with Crippen LogP contribution in [0.25, 0.3) is 0 Å². The molecule has 0 heterocycles. The van der Waals surface area contributed by atoms with Crippen molar-refractivity contribution in [3.63, 3.8) is 0 Å². The molecule has 0 aliphatic heterocycles. The van der Waals surface area contributed by atoms with E-state index < -0.39 is 11.7 Å². The average molecular weight is 289 g/mol. The number of carbonyl (C=O) groups is 1. The van der Waals surface area contributed by atoms with Crippen molar-refractivity contribution in [2.75, 3.05) is 19.8 Å². The fourth-order valence-corrected chi connectivity index (χ4v) is 1.65. The van der Waals surface area contributed by atoms with Gasteiger partial charge in [0.15, 0.2) is 0 Å². The molecular formula is C14H18F3NO2. The van der Waals surface area contributed by atoms with Gasteiger partial charge in [0.1, 0.15) is 0 Å². The van der Waals surface area contributed by atoms with Gasteiger partial charge in [-0.3, -0.25) is 4.79 Å². The van der Waals surface area contributed by atoms with Gasteiger partial charge in [-0.15, -0.1) is 0 Å². The Kier molecular flexibility index (Phi) is 6.51. The lowest BCUT2D eigenvalue weighted by atomic mass is 10.1. The molecule has 0 aliphatic carbocycles. The molecule has 1 aromatic rings. The van der Waals surface area contributed by atoms with Crippen molar-refractivity contribution in [3.05, 3.63) is 35.4 Å². The lowest BCUT2D eigenvalue weighted by Gasteiger charge is -2.09.